The second-order valence-corrected chi connectivity index (χ2v) is 14.6. The largest absolute Gasteiger partial charge is 0.393 e. The van der Waals surface area contributed by atoms with Crippen LogP contribution in [0.3, 0.4) is 0 Å². The molecule has 3 heteroatoms. The first-order chi connectivity index (χ1) is 15.0. The summed E-state index contributed by atoms with van der Waals surface area (Å²) in [6.07, 6.45) is 13.4. The molecule has 0 aromatic heterocycles. The first-order valence-corrected chi connectivity index (χ1v) is 13.8. The Morgan fingerprint density at radius 3 is 2.09 bits per heavy atom. The van der Waals surface area contributed by atoms with Gasteiger partial charge in [-0.05, 0) is 112 Å². The number of aliphatic hydroxyl groups excluding tert-OH is 1. The Morgan fingerprint density at radius 1 is 0.848 bits per heavy atom. The van der Waals surface area contributed by atoms with E-state index in [4.69, 9.17) is 0 Å². The molecule has 4 saturated carbocycles. The highest BCUT2D eigenvalue weighted by molar-refractivity contribution is 5.22. The molecule has 0 unspecified atom stereocenters. The molecule has 0 aliphatic heterocycles. The van der Waals surface area contributed by atoms with E-state index in [-0.39, 0.29) is 27.8 Å². The van der Waals surface area contributed by atoms with Crippen LogP contribution in [0.25, 0.3) is 0 Å². The van der Waals surface area contributed by atoms with Gasteiger partial charge in [-0.25, -0.2) is 0 Å². The molecule has 0 spiro atoms. The van der Waals surface area contributed by atoms with Crippen molar-refractivity contribution in [3.05, 3.63) is 12.2 Å². The summed E-state index contributed by atoms with van der Waals surface area (Å²) < 4.78 is 0. The minimum atomic E-state index is -0.745. The number of fused-ring (bicyclic) bond motifs is 5. The zero-order valence-electron chi connectivity index (χ0n) is 22.7. The first kappa shape index (κ1) is 25.7. The molecule has 4 fully saturated rings. The van der Waals surface area contributed by atoms with Gasteiger partial charge in [0.25, 0.3) is 0 Å². The average molecular weight is 461 g/mol. The number of allylic oxidation sites excluding steroid dienone is 1. The number of hydrogen-bond acceptors (Lipinski definition) is 3. The highest BCUT2D eigenvalue weighted by atomic mass is 16.3. The normalized spacial score (nSPS) is 50.5. The van der Waals surface area contributed by atoms with Gasteiger partial charge in [0, 0.05) is 5.41 Å². The summed E-state index contributed by atoms with van der Waals surface area (Å²) in [6.45, 7) is 18.0. The van der Waals surface area contributed by atoms with Gasteiger partial charge in [-0.3, -0.25) is 0 Å². The molecule has 9 atom stereocenters. The number of aliphatic hydroxyl groups is 3. The predicted molar refractivity (Wildman–Crippen MR) is 136 cm³/mol. The van der Waals surface area contributed by atoms with Gasteiger partial charge in [0.1, 0.15) is 0 Å². The van der Waals surface area contributed by atoms with Crippen molar-refractivity contribution in [2.75, 3.05) is 0 Å². The molecule has 4 rings (SSSR count). The van der Waals surface area contributed by atoms with Crippen molar-refractivity contribution in [2.45, 2.75) is 130 Å². The van der Waals surface area contributed by atoms with E-state index in [9.17, 15) is 15.3 Å². The molecule has 0 aromatic carbocycles. The second kappa shape index (κ2) is 7.81. The third kappa shape index (κ3) is 3.53. The van der Waals surface area contributed by atoms with E-state index in [1.165, 1.54) is 12.8 Å². The van der Waals surface area contributed by atoms with Crippen LogP contribution in [0.2, 0.25) is 0 Å². The van der Waals surface area contributed by atoms with Gasteiger partial charge in [-0.2, -0.15) is 0 Å². The minimum Gasteiger partial charge on any atom is -0.393 e. The fraction of sp³-hybridized carbons (Fsp3) is 0.933. The summed E-state index contributed by atoms with van der Waals surface area (Å²) in [7, 11) is 0. The molecular weight excluding hydrogens is 408 g/mol. The highest BCUT2D eigenvalue weighted by Crippen LogP contribution is 2.75. The first-order valence-electron chi connectivity index (χ1n) is 13.8. The zero-order valence-corrected chi connectivity index (χ0v) is 22.7. The third-order valence-corrected chi connectivity index (χ3v) is 12.4. The molecule has 0 aromatic rings. The lowest BCUT2D eigenvalue weighted by molar-refractivity contribution is -0.284. The monoisotopic (exact) mass is 460 g/mol. The maximum absolute atomic E-state index is 12.6. The van der Waals surface area contributed by atoms with Crippen LogP contribution in [-0.2, 0) is 0 Å². The lowest BCUT2D eigenvalue weighted by Crippen LogP contribution is -2.70. The molecule has 3 N–H and O–H groups in total. The summed E-state index contributed by atoms with van der Waals surface area (Å²) in [6, 6.07) is 0. The van der Waals surface area contributed by atoms with E-state index in [1.54, 1.807) is 0 Å². The Labute approximate surface area is 203 Å². The fourth-order valence-corrected chi connectivity index (χ4v) is 10.1. The van der Waals surface area contributed by atoms with Crippen molar-refractivity contribution in [3.8, 4) is 0 Å². The van der Waals surface area contributed by atoms with E-state index in [0.29, 0.717) is 23.7 Å². The van der Waals surface area contributed by atoms with Crippen LogP contribution in [0.4, 0.5) is 0 Å². The smallest absolute Gasteiger partial charge is 0.0771 e. The Bertz CT molecular complexity index is 780. The third-order valence-electron chi connectivity index (χ3n) is 12.4. The number of hydrogen-bond donors (Lipinski definition) is 3. The summed E-state index contributed by atoms with van der Waals surface area (Å²) in [4.78, 5) is 0. The Kier molecular flexibility index (Phi) is 6.08. The minimum absolute atomic E-state index is 0.109. The lowest BCUT2D eigenvalue weighted by Gasteiger charge is -2.71. The van der Waals surface area contributed by atoms with Crippen LogP contribution in [0.15, 0.2) is 12.2 Å². The van der Waals surface area contributed by atoms with Gasteiger partial charge < -0.3 is 15.3 Å². The molecule has 0 saturated heterocycles. The summed E-state index contributed by atoms with van der Waals surface area (Å²) in [5, 5.41) is 33.5. The maximum Gasteiger partial charge on any atom is 0.0771 e. The van der Waals surface area contributed by atoms with Crippen LogP contribution >= 0.6 is 0 Å². The quantitative estimate of drug-likeness (QED) is 0.420. The van der Waals surface area contributed by atoms with E-state index < -0.39 is 11.2 Å². The molecule has 0 amide bonds. The molecule has 0 heterocycles. The van der Waals surface area contributed by atoms with Crippen molar-refractivity contribution in [1.82, 2.24) is 0 Å². The molecule has 3 nitrogen and oxygen atoms in total. The van der Waals surface area contributed by atoms with Crippen molar-refractivity contribution in [3.63, 3.8) is 0 Å². The van der Waals surface area contributed by atoms with Crippen molar-refractivity contribution in [2.24, 2.45) is 45.3 Å². The summed E-state index contributed by atoms with van der Waals surface area (Å²) in [5.74, 6) is 1.97. The van der Waals surface area contributed by atoms with Crippen LogP contribution in [-0.4, -0.2) is 32.6 Å². The summed E-state index contributed by atoms with van der Waals surface area (Å²) in [5.41, 5.74) is -1.20. The van der Waals surface area contributed by atoms with Crippen molar-refractivity contribution in [1.29, 1.82) is 0 Å². The Balaban J connectivity index is 1.62. The van der Waals surface area contributed by atoms with Crippen LogP contribution < -0.4 is 0 Å². The molecule has 4 aliphatic rings. The van der Waals surface area contributed by atoms with E-state index in [2.05, 4.69) is 47.6 Å². The molecular formula is C30H52O3. The standard InChI is InChI=1S/C30H52O3/c1-20(10-9-15-25(2,3)32)21-13-16-28(7)23-12-11-22-26(4,5)24(31)14-17-29(22,8)30(23,33)19-18-27(21,28)6/h9,15,20-24,31-33H,10-14,16-19H2,1-8H3/b15-9+/t20-,21-,22+,23+,24+,27-,28+,29+,30-/m1/s1. The van der Waals surface area contributed by atoms with Crippen LogP contribution in [0.1, 0.15) is 113 Å². The Morgan fingerprint density at radius 2 is 1.45 bits per heavy atom. The fourth-order valence-electron chi connectivity index (χ4n) is 10.1. The van der Waals surface area contributed by atoms with Gasteiger partial charge in [0.05, 0.1) is 17.3 Å². The molecule has 0 radical (unpaired) electrons. The molecule has 0 bridgehead atoms. The highest BCUT2D eigenvalue weighted by Gasteiger charge is 2.72. The summed E-state index contributed by atoms with van der Waals surface area (Å²) >= 11 is 0. The average Bonchev–Trinajstić information content (AvgIpc) is 2.97. The topological polar surface area (TPSA) is 60.7 Å². The van der Waals surface area contributed by atoms with E-state index in [1.807, 2.05) is 19.9 Å². The predicted octanol–water partition coefficient (Wildman–Crippen LogP) is 6.50. The zero-order chi connectivity index (χ0) is 24.7. The Hall–Kier alpha value is -0.380. The van der Waals surface area contributed by atoms with Gasteiger partial charge in [0.15, 0.2) is 0 Å². The van der Waals surface area contributed by atoms with Gasteiger partial charge in [-0.15, -0.1) is 0 Å². The van der Waals surface area contributed by atoms with E-state index >= 15 is 0 Å². The molecule has 4 aliphatic carbocycles. The van der Waals surface area contributed by atoms with Gasteiger partial charge in [-0.1, -0.05) is 53.7 Å². The maximum atomic E-state index is 12.6. The second-order valence-electron chi connectivity index (χ2n) is 14.6. The van der Waals surface area contributed by atoms with Crippen molar-refractivity contribution >= 4 is 0 Å². The van der Waals surface area contributed by atoms with E-state index in [0.717, 1.165) is 44.9 Å². The molecule has 190 valence electrons. The SMILES string of the molecule is C[C@H](C/C=C/C(C)(C)O)[C@H]1CC[C@@]2(C)[C@@H]3CC[C@H]4C(C)(C)[C@@H](O)CC[C@]4(C)[C@@]3(O)CC[C@]12C. The van der Waals surface area contributed by atoms with Crippen molar-refractivity contribution < 1.29 is 15.3 Å². The molecule has 33 heavy (non-hydrogen) atoms. The lowest BCUT2D eigenvalue weighted by atomic mass is 9.36. The van der Waals surface area contributed by atoms with Crippen LogP contribution in [0, 0.1) is 45.3 Å². The van der Waals surface area contributed by atoms with Gasteiger partial charge >= 0.3 is 0 Å². The van der Waals surface area contributed by atoms with Crippen LogP contribution in [0.5, 0.6) is 0 Å². The number of rotatable bonds is 4. The van der Waals surface area contributed by atoms with Gasteiger partial charge in [0.2, 0.25) is 0 Å².